The molecule has 0 bridgehead atoms. The van der Waals surface area contributed by atoms with Crippen LogP contribution in [0.25, 0.3) is 10.9 Å². The van der Waals surface area contributed by atoms with Gasteiger partial charge >= 0.3 is 5.97 Å². The molecule has 5 nitrogen and oxygen atoms in total. The number of fused-ring (bicyclic) bond motifs is 1. The first-order chi connectivity index (χ1) is 12.0. The molecular weight excluding hydrogens is 343 g/mol. The van der Waals surface area contributed by atoms with Crippen LogP contribution in [0.4, 0.5) is 4.39 Å². The first kappa shape index (κ1) is 16.3. The van der Waals surface area contributed by atoms with E-state index in [4.69, 9.17) is 0 Å². The van der Waals surface area contributed by atoms with Gasteiger partial charge in [0.2, 0.25) is 0 Å². The minimum absolute atomic E-state index is 0.295. The van der Waals surface area contributed by atoms with Gasteiger partial charge in [0.1, 0.15) is 11.4 Å². The Bertz CT molecular complexity index is 876. The van der Waals surface area contributed by atoms with Crippen molar-refractivity contribution in [3.8, 4) is 0 Å². The number of nitrogens with one attached hydrogen (secondary N) is 1. The molecule has 2 aromatic rings. The van der Waals surface area contributed by atoms with Crippen LogP contribution in [-0.4, -0.2) is 39.0 Å². The summed E-state index contributed by atoms with van der Waals surface area (Å²) < 4.78 is 13.7. The van der Waals surface area contributed by atoms with Gasteiger partial charge in [0.05, 0.1) is 11.1 Å². The van der Waals surface area contributed by atoms with Gasteiger partial charge in [-0.25, -0.2) is 9.18 Å². The highest BCUT2D eigenvalue weighted by molar-refractivity contribution is 7.99. The number of aliphatic carboxylic acids is 1. The molecule has 2 heterocycles. The lowest BCUT2D eigenvalue weighted by molar-refractivity contribution is -0.143. The lowest BCUT2D eigenvalue weighted by atomic mass is 9.97. The van der Waals surface area contributed by atoms with Crippen molar-refractivity contribution < 1.29 is 19.1 Å². The fourth-order valence-corrected chi connectivity index (χ4v) is 4.49. The normalized spacial score (nSPS) is 22.9. The number of carboxylic acids is 1. The Hall–Kier alpha value is -2.15. The largest absolute Gasteiger partial charge is 0.479 e. The van der Waals surface area contributed by atoms with Crippen LogP contribution in [0.5, 0.6) is 0 Å². The smallest absolute Gasteiger partial charge is 0.330 e. The SMILES string of the molecule is O=C(NC1(C(=O)O)CCSC1)c1cc(C2CC2)nc2ccc(F)cc12. The molecule has 25 heavy (non-hydrogen) atoms. The van der Waals surface area contributed by atoms with Crippen molar-refractivity contribution in [2.75, 3.05) is 11.5 Å². The Kier molecular flexibility index (Phi) is 3.91. The van der Waals surface area contributed by atoms with Crippen LogP contribution in [0.2, 0.25) is 0 Å². The maximum Gasteiger partial charge on any atom is 0.330 e. The number of carbonyl (C=O) groups is 2. The summed E-state index contributed by atoms with van der Waals surface area (Å²) in [5.74, 6) is -0.613. The number of hydrogen-bond acceptors (Lipinski definition) is 4. The summed E-state index contributed by atoms with van der Waals surface area (Å²) in [7, 11) is 0. The number of carboxylic acid groups (broad SMARTS) is 1. The maximum absolute atomic E-state index is 13.7. The Morgan fingerprint density at radius 1 is 1.32 bits per heavy atom. The van der Waals surface area contributed by atoms with Crippen LogP contribution in [0.3, 0.4) is 0 Å². The monoisotopic (exact) mass is 360 g/mol. The molecule has 130 valence electrons. The number of nitrogens with zero attached hydrogens (tertiary/aromatic N) is 1. The zero-order chi connectivity index (χ0) is 17.6. The van der Waals surface area contributed by atoms with E-state index in [1.54, 1.807) is 12.1 Å². The lowest BCUT2D eigenvalue weighted by Crippen LogP contribution is -2.54. The van der Waals surface area contributed by atoms with E-state index >= 15 is 0 Å². The zero-order valence-electron chi connectivity index (χ0n) is 13.4. The molecule has 0 spiro atoms. The highest BCUT2D eigenvalue weighted by Gasteiger charge is 2.43. The number of benzene rings is 1. The first-order valence-electron chi connectivity index (χ1n) is 8.22. The van der Waals surface area contributed by atoms with E-state index in [0.29, 0.717) is 40.3 Å². The van der Waals surface area contributed by atoms with Crippen molar-refractivity contribution in [1.82, 2.24) is 10.3 Å². The molecule has 1 aliphatic carbocycles. The number of aromatic nitrogens is 1. The van der Waals surface area contributed by atoms with Gasteiger partial charge in [0.15, 0.2) is 0 Å². The number of carbonyl (C=O) groups excluding carboxylic acids is 1. The molecule has 1 aliphatic heterocycles. The van der Waals surface area contributed by atoms with Crippen molar-refractivity contribution in [1.29, 1.82) is 0 Å². The first-order valence-corrected chi connectivity index (χ1v) is 9.38. The Labute approximate surface area is 148 Å². The molecular formula is C18H17FN2O3S. The fourth-order valence-electron chi connectivity index (χ4n) is 3.16. The van der Waals surface area contributed by atoms with Crippen LogP contribution < -0.4 is 5.32 Å². The molecule has 1 saturated carbocycles. The third-order valence-electron chi connectivity index (χ3n) is 4.81. The number of hydrogen-bond donors (Lipinski definition) is 2. The highest BCUT2D eigenvalue weighted by Crippen LogP contribution is 2.40. The van der Waals surface area contributed by atoms with Crippen LogP contribution in [-0.2, 0) is 4.79 Å². The zero-order valence-corrected chi connectivity index (χ0v) is 14.2. The third kappa shape index (κ3) is 2.97. The molecule has 7 heteroatoms. The van der Waals surface area contributed by atoms with Crippen LogP contribution in [0, 0.1) is 5.82 Å². The third-order valence-corrected chi connectivity index (χ3v) is 6.00. The summed E-state index contributed by atoms with van der Waals surface area (Å²) in [6.07, 6.45) is 2.43. The van der Waals surface area contributed by atoms with E-state index in [9.17, 15) is 19.1 Å². The van der Waals surface area contributed by atoms with Crippen LogP contribution >= 0.6 is 11.8 Å². The second-order valence-electron chi connectivity index (χ2n) is 6.67. The summed E-state index contributed by atoms with van der Waals surface area (Å²) in [5.41, 5.74) is 0.407. The van der Waals surface area contributed by atoms with Gasteiger partial charge in [-0.2, -0.15) is 11.8 Å². The number of thioether (sulfide) groups is 1. The lowest BCUT2D eigenvalue weighted by Gasteiger charge is -2.25. The predicted octanol–water partition coefficient (Wildman–Crippen LogP) is 2.94. The van der Waals surface area contributed by atoms with Crippen molar-refractivity contribution in [2.45, 2.75) is 30.7 Å². The Morgan fingerprint density at radius 2 is 2.12 bits per heavy atom. The molecule has 1 atom stereocenters. The molecule has 2 aliphatic rings. The van der Waals surface area contributed by atoms with Gasteiger partial charge in [-0.1, -0.05) is 0 Å². The van der Waals surface area contributed by atoms with Crippen molar-refractivity contribution >= 4 is 34.5 Å². The molecule has 1 amide bonds. The second kappa shape index (κ2) is 5.98. The van der Waals surface area contributed by atoms with Crippen molar-refractivity contribution in [3.63, 3.8) is 0 Å². The number of amides is 1. The Morgan fingerprint density at radius 3 is 2.76 bits per heavy atom. The summed E-state index contributed by atoms with van der Waals surface area (Å²) >= 11 is 1.50. The molecule has 1 saturated heterocycles. The van der Waals surface area contributed by atoms with E-state index < -0.39 is 23.2 Å². The van der Waals surface area contributed by atoms with Gasteiger partial charge in [-0.05, 0) is 49.3 Å². The predicted molar refractivity (Wildman–Crippen MR) is 93.5 cm³/mol. The number of pyridine rings is 1. The van der Waals surface area contributed by atoms with E-state index in [-0.39, 0.29) is 0 Å². The molecule has 0 radical (unpaired) electrons. The summed E-state index contributed by atoms with van der Waals surface area (Å²) in [6, 6.07) is 5.85. The summed E-state index contributed by atoms with van der Waals surface area (Å²) in [5, 5.41) is 12.7. The van der Waals surface area contributed by atoms with Crippen LogP contribution in [0.15, 0.2) is 24.3 Å². The van der Waals surface area contributed by atoms with E-state index in [2.05, 4.69) is 10.3 Å². The molecule has 4 rings (SSSR count). The van der Waals surface area contributed by atoms with Gasteiger partial charge in [-0.3, -0.25) is 9.78 Å². The number of rotatable bonds is 4. The van der Waals surface area contributed by atoms with E-state index in [1.165, 1.54) is 23.9 Å². The molecule has 1 aromatic carbocycles. The van der Waals surface area contributed by atoms with Crippen molar-refractivity contribution in [3.05, 3.63) is 41.3 Å². The van der Waals surface area contributed by atoms with Gasteiger partial charge in [0, 0.05) is 22.8 Å². The molecule has 1 aromatic heterocycles. The van der Waals surface area contributed by atoms with Crippen LogP contribution in [0.1, 0.15) is 41.2 Å². The highest BCUT2D eigenvalue weighted by atomic mass is 32.2. The Balaban J connectivity index is 1.77. The van der Waals surface area contributed by atoms with Gasteiger partial charge in [0.25, 0.3) is 5.91 Å². The minimum Gasteiger partial charge on any atom is -0.479 e. The minimum atomic E-state index is -1.26. The molecule has 1 unspecified atom stereocenters. The van der Waals surface area contributed by atoms with Gasteiger partial charge < -0.3 is 10.4 Å². The van der Waals surface area contributed by atoms with E-state index in [0.717, 1.165) is 18.5 Å². The summed E-state index contributed by atoms with van der Waals surface area (Å²) in [6.45, 7) is 0. The topological polar surface area (TPSA) is 79.3 Å². The quantitative estimate of drug-likeness (QED) is 0.876. The number of halogens is 1. The fraction of sp³-hybridized carbons (Fsp3) is 0.389. The molecule has 2 N–H and O–H groups in total. The van der Waals surface area contributed by atoms with E-state index in [1.807, 2.05) is 0 Å². The molecule has 2 fully saturated rings. The second-order valence-corrected chi connectivity index (χ2v) is 7.78. The standard InChI is InChI=1S/C18H17FN2O3S/c19-11-3-4-14-12(7-11)13(8-15(20-14)10-1-2-10)16(22)21-18(17(23)24)5-6-25-9-18/h3-4,7-8,10H,1-2,5-6,9H2,(H,21,22)(H,23,24). The summed E-state index contributed by atoms with van der Waals surface area (Å²) in [4.78, 5) is 29.1. The van der Waals surface area contributed by atoms with Crippen molar-refractivity contribution in [2.24, 2.45) is 0 Å². The average molecular weight is 360 g/mol. The average Bonchev–Trinajstić information content (AvgIpc) is 3.33. The van der Waals surface area contributed by atoms with Gasteiger partial charge in [-0.15, -0.1) is 0 Å². The maximum atomic E-state index is 13.7.